The van der Waals surface area contributed by atoms with Gasteiger partial charge in [-0.05, 0) is 36.8 Å². The van der Waals surface area contributed by atoms with E-state index in [1.807, 2.05) is 37.4 Å². The Bertz CT molecular complexity index is 652. The number of anilines is 2. The first-order valence-corrected chi connectivity index (χ1v) is 7.70. The minimum atomic E-state index is -0.440. The summed E-state index contributed by atoms with van der Waals surface area (Å²) in [7, 11) is 2.01. The van der Waals surface area contributed by atoms with Gasteiger partial charge in [0, 0.05) is 25.8 Å². The summed E-state index contributed by atoms with van der Waals surface area (Å²) in [6, 6.07) is 13.5. The van der Waals surface area contributed by atoms with Gasteiger partial charge in [0.1, 0.15) is 5.82 Å². The van der Waals surface area contributed by atoms with E-state index in [0.29, 0.717) is 12.2 Å². The topological polar surface area (TPSA) is 44.4 Å². The number of halogens is 2. The van der Waals surface area contributed by atoms with Gasteiger partial charge in [-0.2, -0.15) is 0 Å². The minimum Gasteiger partial charge on any atom is -0.375 e. The second-order valence-corrected chi connectivity index (χ2v) is 5.52. The van der Waals surface area contributed by atoms with E-state index >= 15 is 0 Å². The predicted octanol–water partition coefficient (Wildman–Crippen LogP) is 4.13. The fourth-order valence-corrected chi connectivity index (χ4v) is 2.30. The third-order valence-corrected chi connectivity index (χ3v) is 3.64. The number of carbonyl (C=O) groups excluding carboxylic acids is 1. The Morgan fingerprint density at radius 3 is 2.65 bits per heavy atom. The fraction of sp³-hybridized carbons (Fsp3) is 0.235. The Labute approximate surface area is 140 Å². The first kappa shape index (κ1) is 17.1. The summed E-state index contributed by atoms with van der Waals surface area (Å²) in [4.78, 5) is 13.9. The highest BCUT2D eigenvalue weighted by molar-refractivity contribution is 6.33. The molecule has 0 aliphatic carbocycles. The second-order valence-electron chi connectivity index (χ2n) is 5.12. The highest BCUT2D eigenvalue weighted by Crippen LogP contribution is 2.22. The van der Waals surface area contributed by atoms with E-state index in [2.05, 4.69) is 15.5 Å². The number of nitrogens with zero attached hydrogens (tertiary/aromatic N) is 1. The molecule has 0 atom stereocenters. The van der Waals surface area contributed by atoms with E-state index in [-0.39, 0.29) is 11.1 Å². The van der Waals surface area contributed by atoms with Crippen molar-refractivity contribution in [3.05, 3.63) is 59.4 Å². The van der Waals surface area contributed by atoms with E-state index in [0.717, 1.165) is 24.7 Å². The summed E-state index contributed by atoms with van der Waals surface area (Å²) in [6.45, 7) is 1.35. The van der Waals surface area contributed by atoms with E-state index < -0.39 is 5.82 Å². The molecule has 0 unspecified atom stereocenters. The highest BCUT2D eigenvalue weighted by Gasteiger charge is 2.06. The van der Waals surface area contributed by atoms with Gasteiger partial charge in [-0.3, -0.25) is 0 Å². The maximum Gasteiger partial charge on any atom is 0.319 e. The van der Waals surface area contributed by atoms with Gasteiger partial charge in [0.15, 0.2) is 0 Å². The summed E-state index contributed by atoms with van der Waals surface area (Å²) in [6.07, 6.45) is 0.802. The lowest BCUT2D eigenvalue weighted by Gasteiger charge is -2.19. The van der Waals surface area contributed by atoms with E-state index in [9.17, 15) is 9.18 Å². The van der Waals surface area contributed by atoms with Crippen molar-refractivity contribution in [2.45, 2.75) is 6.42 Å². The molecule has 0 saturated carbocycles. The number of para-hydroxylation sites is 1. The molecule has 2 aromatic rings. The number of nitrogens with one attached hydrogen (secondary N) is 2. The summed E-state index contributed by atoms with van der Waals surface area (Å²) in [5, 5.41) is 5.52. The van der Waals surface area contributed by atoms with Crippen LogP contribution in [0.4, 0.5) is 20.6 Å². The molecule has 0 aliphatic heterocycles. The van der Waals surface area contributed by atoms with Crippen LogP contribution in [0.1, 0.15) is 6.42 Å². The monoisotopic (exact) mass is 335 g/mol. The molecule has 23 heavy (non-hydrogen) atoms. The maximum absolute atomic E-state index is 12.9. The average molecular weight is 336 g/mol. The summed E-state index contributed by atoms with van der Waals surface area (Å²) in [5.74, 6) is -0.440. The van der Waals surface area contributed by atoms with Crippen LogP contribution in [0.25, 0.3) is 0 Å². The van der Waals surface area contributed by atoms with Crippen LogP contribution in [0.2, 0.25) is 5.02 Å². The molecular weight excluding hydrogens is 317 g/mol. The van der Waals surface area contributed by atoms with Gasteiger partial charge in [-0.25, -0.2) is 9.18 Å². The molecule has 0 aliphatic rings. The van der Waals surface area contributed by atoms with Crippen molar-refractivity contribution in [1.82, 2.24) is 5.32 Å². The van der Waals surface area contributed by atoms with Crippen LogP contribution in [-0.2, 0) is 0 Å². The molecule has 2 amide bonds. The third kappa shape index (κ3) is 5.45. The largest absolute Gasteiger partial charge is 0.375 e. The molecule has 122 valence electrons. The molecule has 6 heteroatoms. The third-order valence-electron chi connectivity index (χ3n) is 3.33. The van der Waals surface area contributed by atoms with Gasteiger partial charge in [-0.15, -0.1) is 0 Å². The molecule has 0 bridgehead atoms. The highest BCUT2D eigenvalue weighted by atomic mass is 35.5. The number of hydrogen-bond donors (Lipinski definition) is 2. The normalized spacial score (nSPS) is 10.2. The van der Waals surface area contributed by atoms with Crippen molar-refractivity contribution >= 4 is 29.0 Å². The van der Waals surface area contributed by atoms with Gasteiger partial charge in [0.2, 0.25) is 0 Å². The molecule has 2 N–H and O–H groups in total. The van der Waals surface area contributed by atoms with Crippen LogP contribution < -0.4 is 15.5 Å². The van der Waals surface area contributed by atoms with Crippen molar-refractivity contribution in [3.63, 3.8) is 0 Å². The van der Waals surface area contributed by atoms with Gasteiger partial charge >= 0.3 is 6.03 Å². The Morgan fingerprint density at radius 1 is 1.22 bits per heavy atom. The summed E-state index contributed by atoms with van der Waals surface area (Å²) < 4.78 is 12.9. The zero-order chi connectivity index (χ0) is 16.7. The summed E-state index contributed by atoms with van der Waals surface area (Å²) in [5.41, 5.74) is 1.52. The number of hydrogen-bond acceptors (Lipinski definition) is 2. The number of urea groups is 1. The molecule has 2 aromatic carbocycles. The standard InChI is InChI=1S/C17H19ClFN3O/c1-22(14-6-3-2-4-7-14)11-5-10-20-17(23)21-16-9-8-13(19)12-15(16)18/h2-4,6-9,12H,5,10-11H2,1H3,(H2,20,21,23). The number of rotatable bonds is 6. The second kappa shape index (κ2) is 8.39. The molecule has 0 spiro atoms. The van der Waals surface area contributed by atoms with Crippen LogP contribution in [0.15, 0.2) is 48.5 Å². The van der Waals surface area contributed by atoms with E-state index in [1.54, 1.807) is 0 Å². The summed E-state index contributed by atoms with van der Waals surface area (Å²) >= 11 is 5.86. The van der Waals surface area contributed by atoms with Crippen molar-refractivity contribution in [2.24, 2.45) is 0 Å². The van der Waals surface area contributed by atoms with Crippen molar-refractivity contribution in [1.29, 1.82) is 0 Å². The molecule has 0 saturated heterocycles. The Morgan fingerprint density at radius 2 is 1.96 bits per heavy atom. The smallest absolute Gasteiger partial charge is 0.319 e. The van der Waals surface area contributed by atoms with Crippen LogP contribution in [0.5, 0.6) is 0 Å². The number of benzene rings is 2. The quantitative estimate of drug-likeness (QED) is 0.780. The molecular formula is C17H19ClFN3O. The maximum atomic E-state index is 12.9. The van der Waals surface area contributed by atoms with Gasteiger partial charge < -0.3 is 15.5 Å². The Kier molecular flexibility index (Phi) is 6.23. The van der Waals surface area contributed by atoms with Crippen molar-refractivity contribution < 1.29 is 9.18 Å². The number of carbonyl (C=O) groups is 1. The van der Waals surface area contributed by atoms with Crippen LogP contribution in [0.3, 0.4) is 0 Å². The SMILES string of the molecule is CN(CCCNC(=O)Nc1ccc(F)cc1Cl)c1ccccc1. The van der Waals surface area contributed by atoms with Crippen LogP contribution >= 0.6 is 11.6 Å². The minimum absolute atomic E-state index is 0.170. The molecule has 2 rings (SSSR count). The zero-order valence-electron chi connectivity index (χ0n) is 12.9. The van der Waals surface area contributed by atoms with Crippen molar-refractivity contribution in [2.75, 3.05) is 30.4 Å². The lowest BCUT2D eigenvalue weighted by atomic mass is 10.3. The Hall–Kier alpha value is -2.27. The van der Waals surface area contributed by atoms with Gasteiger partial charge in [0.25, 0.3) is 0 Å². The molecule has 0 fully saturated rings. The predicted molar refractivity (Wildman–Crippen MR) is 92.8 cm³/mol. The molecule has 0 heterocycles. The molecule has 0 radical (unpaired) electrons. The number of amides is 2. The first-order valence-electron chi connectivity index (χ1n) is 7.32. The lowest BCUT2D eigenvalue weighted by Crippen LogP contribution is -2.31. The molecule has 0 aromatic heterocycles. The molecule has 4 nitrogen and oxygen atoms in total. The van der Waals surface area contributed by atoms with E-state index in [4.69, 9.17) is 11.6 Å². The zero-order valence-corrected chi connectivity index (χ0v) is 13.6. The van der Waals surface area contributed by atoms with E-state index in [1.165, 1.54) is 12.1 Å². The van der Waals surface area contributed by atoms with Crippen molar-refractivity contribution in [3.8, 4) is 0 Å². The lowest BCUT2D eigenvalue weighted by molar-refractivity contribution is 0.252. The van der Waals surface area contributed by atoms with Gasteiger partial charge in [0.05, 0.1) is 10.7 Å². The van der Waals surface area contributed by atoms with Crippen LogP contribution in [-0.4, -0.2) is 26.2 Å². The first-order chi connectivity index (χ1) is 11.1. The average Bonchev–Trinajstić information content (AvgIpc) is 2.55. The van der Waals surface area contributed by atoms with Gasteiger partial charge in [-0.1, -0.05) is 29.8 Å². The fourth-order valence-electron chi connectivity index (χ4n) is 2.09. The van der Waals surface area contributed by atoms with Crippen LogP contribution in [0, 0.1) is 5.82 Å². The Balaban J connectivity index is 1.71.